The molecule has 31 heavy (non-hydrogen) atoms. The van der Waals surface area contributed by atoms with Crippen LogP contribution in [0.2, 0.25) is 0 Å². The number of methoxy groups -OCH3 is 1. The Kier molecular flexibility index (Phi) is 7.26. The van der Waals surface area contributed by atoms with E-state index in [0.717, 1.165) is 16.7 Å². The van der Waals surface area contributed by atoms with Gasteiger partial charge in [0.05, 0.1) is 19.9 Å². The summed E-state index contributed by atoms with van der Waals surface area (Å²) >= 11 is 0. The van der Waals surface area contributed by atoms with Crippen molar-refractivity contribution in [3.05, 3.63) is 60.5 Å². The van der Waals surface area contributed by atoms with Crippen LogP contribution in [0.25, 0.3) is 28.1 Å². The number of carbonyl (C=O) groups is 1. The van der Waals surface area contributed by atoms with Crippen LogP contribution in [0, 0.1) is 0 Å². The fraction of sp³-hybridized carbons (Fsp3) is 0.261. The number of rotatable bonds is 7. The topological polar surface area (TPSA) is 90.9 Å². The Bertz CT molecular complexity index is 1160. The summed E-state index contributed by atoms with van der Waals surface area (Å²) in [4.78, 5) is 16.2. The van der Waals surface area contributed by atoms with Gasteiger partial charge in [0.15, 0.2) is 17.2 Å². The summed E-state index contributed by atoms with van der Waals surface area (Å²) in [7, 11) is 1.45. The van der Waals surface area contributed by atoms with Gasteiger partial charge in [-0.15, -0.1) is 5.10 Å². The number of fused-ring (bicyclic) bond motifs is 2. The van der Waals surface area contributed by atoms with E-state index >= 15 is 0 Å². The van der Waals surface area contributed by atoms with E-state index in [9.17, 15) is 4.79 Å². The lowest BCUT2D eigenvalue weighted by Gasteiger charge is -2.09. The van der Waals surface area contributed by atoms with Crippen molar-refractivity contribution in [2.75, 3.05) is 20.3 Å². The number of amides is 1. The van der Waals surface area contributed by atoms with E-state index < -0.39 is 0 Å². The molecule has 3 aromatic heterocycles. The number of para-hydroxylation sites is 1. The van der Waals surface area contributed by atoms with Gasteiger partial charge in [0.2, 0.25) is 5.88 Å². The number of furan rings is 1. The molecule has 0 atom stereocenters. The minimum Gasteiger partial charge on any atom is -0.491 e. The van der Waals surface area contributed by atoms with Crippen molar-refractivity contribution in [2.45, 2.75) is 20.8 Å². The second-order valence-electron chi connectivity index (χ2n) is 6.19. The maximum atomic E-state index is 11.8. The molecule has 162 valence electrons. The Morgan fingerprint density at radius 2 is 2.03 bits per heavy atom. The SMILES string of the molecule is C/C=C(\OC)C(=O)NCCOc1ccc2ncc(-c3cc4ccccc4o3)n2n1.CC. The molecule has 0 radical (unpaired) electrons. The van der Waals surface area contributed by atoms with Crippen LogP contribution in [0.4, 0.5) is 0 Å². The van der Waals surface area contributed by atoms with Crippen LogP contribution in [-0.2, 0) is 9.53 Å². The van der Waals surface area contributed by atoms with Crippen LogP contribution in [0.15, 0.2) is 64.9 Å². The highest BCUT2D eigenvalue weighted by Crippen LogP contribution is 2.28. The quantitative estimate of drug-likeness (QED) is 0.272. The molecule has 0 saturated heterocycles. The van der Waals surface area contributed by atoms with E-state index in [2.05, 4.69) is 15.4 Å². The third-order valence-electron chi connectivity index (χ3n) is 4.36. The molecule has 0 aliphatic carbocycles. The number of aromatic nitrogens is 3. The second kappa shape index (κ2) is 10.3. The highest BCUT2D eigenvalue weighted by molar-refractivity contribution is 5.91. The van der Waals surface area contributed by atoms with Gasteiger partial charge in [-0.2, -0.15) is 0 Å². The van der Waals surface area contributed by atoms with E-state index in [1.807, 2.05) is 50.2 Å². The first-order valence-corrected chi connectivity index (χ1v) is 10.1. The van der Waals surface area contributed by atoms with Gasteiger partial charge in [-0.05, 0) is 31.2 Å². The number of ether oxygens (including phenoxy) is 2. The molecule has 1 N–H and O–H groups in total. The molecule has 0 bridgehead atoms. The molecule has 4 aromatic rings. The van der Waals surface area contributed by atoms with E-state index in [0.29, 0.717) is 23.8 Å². The third kappa shape index (κ3) is 4.85. The Morgan fingerprint density at radius 3 is 2.77 bits per heavy atom. The van der Waals surface area contributed by atoms with Crippen LogP contribution in [0.1, 0.15) is 20.8 Å². The molecule has 1 aromatic carbocycles. The first-order chi connectivity index (χ1) is 15.2. The first kappa shape index (κ1) is 21.9. The first-order valence-electron chi connectivity index (χ1n) is 10.1. The molecule has 4 rings (SSSR count). The number of nitrogens with one attached hydrogen (secondary N) is 1. The Morgan fingerprint density at radius 1 is 1.23 bits per heavy atom. The van der Waals surface area contributed by atoms with Crippen LogP contribution < -0.4 is 10.1 Å². The highest BCUT2D eigenvalue weighted by atomic mass is 16.5. The average molecular weight is 422 g/mol. The predicted molar refractivity (Wildman–Crippen MR) is 119 cm³/mol. The molecule has 0 saturated carbocycles. The maximum Gasteiger partial charge on any atom is 0.286 e. The minimum atomic E-state index is -0.288. The van der Waals surface area contributed by atoms with E-state index in [-0.39, 0.29) is 18.3 Å². The third-order valence-corrected chi connectivity index (χ3v) is 4.36. The van der Waals surface area contributed by atoms with Crippen LogP contribution in [0.5, 0.6) is 5.88 Å². The minimum absolute atomic E-state index is 0.262. The highest BCUT2D eigenvalue weighted by Gasteiger charge is 2.13. The number of benzene rings is 1. The number of carbonyl (C=O) groups excluding carboxylic acids is 1. The van der Waals surface area contributed by atoms with Crippen LogP contribution >= 0.6 is 0 Å². The van der Waals surface area contributed by atoms with Gasteiger partial charge in [0.1, 0.15) is 17.9 Å². The molecule has 8 nitrogen and oxygen atoms in total. The van der Waals surface area contributed by atoms with Crippen LogP contribution in [0.3, 0.4) is 0 Å². The summed E-state index contributed by atoms with van der Waals surface area (Å²) in [6, 6.07) is 13.3. The van der Waals surface area contributed by atoms with Crippen molar-refractivity contribution >= 4 is 22.5 Å². The summed E-state index contributed by atoms with van der Waals surface area (Å²) in [5.41, 5.74) is 2.21. The number of hydrogen-bond donors (Lipinski definition) is 1. The molecule has 0 aliphatic rings. The van der Waals surface area contributed by atoms with Crippen molar-refractivity contribution < 1.29 is 18.7 Å². The molecule has 1 amide bonds. The molecule has 0 fully saturated rings. The lowest BCUT2D eigenvalue weighted by Crippen LogP contribution is -2.29. The second-order valence-corrected chi connectivity index (χ2v) is 6.19. The zero-order chi connectivity index (χ0) is 22.2. The van der Waals surface area contributed by atoms with Gasteiger partial charge < -0.3 is 19.2 Å². The maximum absolute atomic E-state index is 11.8. The Hall–Kier alpha value is -3.81. The van der Waals surface area contributed by atoms with E-state index in [1.165, 1.54) is 7.11 Å². The van der Waals surface area contributed by atoms with Gasteiger partial charge in [-0.3, -0.25) is 4.79 Å². The van der Waals surface area contributed by atoms with Gasteiger partial charge in [-0.1, -0.05) is 32.0 Å². The molecular formula is C23H26N4O4. The summed E-state index contributed by atoms with van der Waals surface area (Å²) in [5, 5.41) is 8.22. The largest absolute Gasteiger partial charge is 0.491 e. The Labute approximate surface area is 180 Å². The van der Waals surface area contributed by atoms with Gasteiger partial charge >= 0.3 is 0 Å². The number of imidazole rings is 1. The van der Waals surface area contributed by atoms with Crippen LogP contribution in [-0.4, -0.2) is 40.8 Å². The van der Waals surface area contributed by atoms with Crippen molar-refractivity contribution in [1.29, 1.82) is 0 Å². The fourth-order valence-corrected chi connectivity index (χ4v) is 2.96. The summed E-state index contributed by atoms with van der Waals surface area (Å²) in [5.74, 6) is 1.07. The standard InChI is InChI=1S/C21H20N4O4.C2H6/c1-3-16(27-2)21(26)22-10-11-28-20-9-8-19-23-13-15(25(19)24-20)18-12-14-6-4-5-7-17(14)29-18;1-2/h3-9,12-13H,10-11H2,1-2H3,(H,22,26);1-2H3/b16-3-;. The molecule has 3 heterocycles. The molecule has 0 unspecified atom stereocenters. The summed E-state index contributed by atoms with van der Waals surface area (Å²) in [6.45, 7) is 6.32. The normalized spacial score (nSPS) is 11.2. The van der Waals surface area contributed by atoms with Gasteiger partial charge in [-0.25, -0.2) is 9.50 Å². The van der Waals surface area contributed by atoms with Gasteiger partial charge in [0.25, 0.3) is 5.91 Å². The van der Waals surface area contributed by atoms with Crippen molar-refractivity contribution in [3.63, 3.8) is 0 Å². The molecule has 0 aliphatic heterocycles. The Balaban J connectivity index is 0.00000132. The fourth-order valence-electron chi connectivity index (χ4n) is 2.96. The molecular weight excluding hydrogens is 396 g/mol. The zero-order valence-electron chi connectivity index (χ0n) is 18.1. The van der Waals surface area contributed by atoms with E-state index in [4.69, 9.17) is 13.9 Å². The lowest BCUT2D eigenvalue weighted by molar-refractivity contribution is -0.120. The van der Waals surface area contributed by atoms with Gasteiger partial charge in [0, 0.05) is 11.5 Å². The predicted octanol–water partition coefficient (Wildman–Crippen LogP) is 4.21. The summed E-state index contributed by atoms with van der Waals surface area (Å²) < 4.78 is 18.2. The van der Waals surface area contributed by atoms with Crippen molar-refractivity contribution in [3.8, 4) is 17.3 Å². The number of hydrogen-bond acceptors (Lipinski definition) is 6. The van der Waals surface area contributed by atoms with Crippen molar-refractivity contribution in [1.82, 2.24) is 19.9 Å². The lowest BCUT2D eigenvalue weighted by atomic mass is 10.2. The average Bonchev–Trinajstić information content (AvgIpc) is 3.42. The molecule has 8 heteroatoms. The smallest absolute Gasteiger partial charge is 0.286 e. The van der Waals surface area contributed by atoms with E-state index in [1.54, 1.807) is 29.8 Å². The monoisotopic (exact) mass is 422 g/mol. The zero-order valence-corrected chi connectivity index (χ0v) is 18.1. The number of nitrogens with zero attached hydrogens (tertiary/aromatic N) is 3. The summed E-state index contributed by atoms with van der Waals surface area (Å²) in [6.07, 6.45) is 3.32. The van der Waals surface area contributed by atoms with Crippen molar-refractivity contribution in [2.24, 2.45) is 0 Å². The molecule has 0 spiro atoms. The number of allylic oxidation sites excluding steroid dienone is 1.